The molecule has 3 aromatic rings. The highest BCUT2D eigenvalue weighted by Gasteiger charge is 2.28. The lowest BCUT2D eigenvalue weighted by Gasteiger charge is -2.39. The number of benzene rings is 1. The normalized spacial score (nSPS) is 17.4. The first-order chi connectivity index (χ1) is 17.5. The van der Waals surface area contributed by atoms with Crippen molar-refractivity contribution in [3.63, 3.8) is 0 Å². The number of carbonyl (C=O) groups is 2. The number of para-hydroxylation sites is 1. The predicted molar refractivity (Wildman–Crippen MR) is 136 cm³/mol. The van der Waals surface area contributed by atoms with E-state index in [0.29, 0.717) is 54.4 Å². The zero-order valence-electron chi connectivity index (χ0n) is 20.8. The number of rotatable bonds is 6. The molecule has 0 saturated carbocycles. The number of pyridine rings is 1. The van der Waals surface area contributed by atoms with Crippen LogP contribution < -0.4 is 10.4 Å². The van der Waals surface area contributed by atoms with E-state index in [1.165, 1.54) is 5.01 Å². The average molecular weight is 493 g/mol. The number of piperazine rings is 2. The Bertz CT molecular complexity index is 1200. The second kappa shape index (κ2) is 10.5. The van der Waals surface area contributed by atoms with Crippen LogP contribution in [-0.4, -0.2) is 101 Å². The standard InChI is InChI=1S/C25H32N8O3/c1-19-6-7-20(16-26-19)28-33(18-34)21-4-3-5-22-24(21)27-23(36-22)17-30-10-14-32(15-11-30)25(35)31-12-8-29(2)9-13-31/h3-7,16,18,28H,8-15,17H2,1-2H3. The maximum absolute atomic E-state index is 12.9. The van der Waals surface area contributed by atoms with Gasteiger partial charge in [0, 0.05) is 58.1 Å². The van der Waals surface area contributed by atoms with Crippen molar-refractivity contribution in [1.29, 1.82) is 0 Å². The van der Waals surface area contributed by atoms with Crippen LogP contribution in [0.5, 0.6) is 0 Å². The van der Waals surface area contributed by atoms with E-state index < -0.39 is 0 Å². The molecule has 2 aromatic heterocycles. The van der Waals surface area contributed by atoms with Crippen LogP contribution in [0.1, 0.15) is 11.6 Å². The van der Waals surface area contributed by atoms with Crippen molar-refractivity contribution in [3.05, 3.63) is 48.1 Å². The Labute approximate surface area is 210 Å². The van der Waals surface area contributed by atoms with E-state index in [0.717, 1.165) is 45.0 Å². The van der Waals surface area contributed by atoms with Gasteiger partial charge in [-0.2, -0.15) is 0 Å². The average Bonchev–Trinajstić information content (AvgIpc) is 3.31. The number of hydrazine groups is 1. The molecule has 2 aliphatic heterocycles. The molecule has 11 nitrogen and oxygen atoms in total. The van der Waals surface area contributed by atoms with Crippen LogP contribution in [-0.2, 0) is 11.3 Å². The topological polar surface area (TPSA) is 101 Å². The van der Waals surface area contributed by atoms with E-state index in [1.807, 2.05) is 47.1 Å². The van der Waals surface area contributed by atoms with Crippen LogP contribution in [0.2, 0.25) is 0 Å². The second-order valence-electron chi connectivity index (χ2n) is 9.34. The number of aromatic nitrogens is 2. The number of carbonyl (C=O) groups excluding carboxylic acids is 2. The number of nitrogens with zero attached hydrogens (tertiary/aromatic N) is 7. The van der Waals surface area contributed by atoms with Gasteiger partial charge in [-0.3, -0.25) is 20.1 Å². The third kappa shape index (κ3) is 5.26. The van der Waals surface area contributed by atoms with E-state index in [1.54, 1.807) is 6.20 Å². The summed E-state index contributed by atoms with van der Waals surface area (Å²) in [4.78, 5) is 42.1. The van der Waals surface area contributed by atoms with Crippen molar-refractivity contribution in [2.45, 2.75) is 13.5 Å². The summed E-state index contributed by atoms with van der Waals surface area (Å²) in [6.45, 7) is 8.75. The van der Waals surface area contributed by atoms with Crippen molar-refractivity contribution >= 4 is 34.9 Å². The summed E-state index contributed by atoms with van der Waals surface area (Å²) in [6.07, 6.45) is 2.38. The van der Waals surface area contributed by atoms with Gasteiger partial charge in [0.05, 0.1) is 24.1 Å². The van der Waals surface area contributed by atoms with Crippen molar-refractivity contribution in [1.82, 2.24) is 29.6 Å². The van der Waals surface area contributed by atoms with Gasteiger partial charge in [0.15, 0.2) is 5.58 Å². The SMILES string of the molecule is Cc1ccc(NN(C=O)c2cccc3oc(CN4CCN(C(=O)N5CCN(C)CC5)CC4)nc23)cn1. The first-order valence-electron chi connectivity index (χ1n) is 12.3. The molecule has 0 spiro atoms. The summed E-state index contributed by atoms with van der Waals surface area (Å²) in [5, 5.41) is 1.38. The molecule has 1 N–H and O–H groups in total. The molecule has 2 saturated heterocycles. The van der Waals surface area contributed by atoms with Gasteiger partial charge in [-0.1, -0.05) is 6.07 Å². The molecular formula is C25H32N8O3. The van der Waals surface area contributed by atoms with Crippen LogP contribution in [0.3, 0.4) is 0 Å². The van der Waals surface area contributed by atoms with Gasteiger partial charge in [-0.05, 0) is 38.2 Å². The summed E-state index contributed by atoms with van der Waals surface area (Å²) in [5.74, 6) is 0.583. The van der Waals surface area contributed by atoms with Gasteiger partial charge in [-0.15, -0.1) is 0 Å². The number of aryl methyl sites for hydroxylation is 1. The lowest BCUT2D eigenvalue weighted by Crippen LogP contribution is -2.56. The van der Waals surface area contributed by atoms with E-state index in [2.05, 4.69) is 27.3 Å². The van der Waals surface area contributed by atoms with Gasteiger partial charge in [0.1, 0.15) is 5.52 Å². The lowest BCUT2D eigenvalue weighted by atomic mass is 10.2. The summed E-state index contributed by atoms with van der Waals surface area (Å²) in [5.41, 5.74) is 6.47. The Morgan fingerprint density at radius 3 is 2.44 bits per heavy atom. The molecule has 0 radical (unpaired) electrons. The number of urea groups is 1. The Kier molecular flexibility index (Phi) is 7.01. The molecule has 0 aliphatic carbocycles. The number of oxazole rings is 1. The highest BCUT2D eigenvalue weighted by molar-refractivity contribution is 5.94. The van der Waals surface area contributed by atoms with E-state index >= 15 is 0 Å². The summed E-state index contributed by atoms with van der Waals surface area (Å²) in [6, 6.07) is 9.37. The molecule has 3 amide bonds. The van der Waals surface area contributed by atoms with E-state index in [9.17, 15) is 9.59 Å². The number of nitrogens with one attached hydrogen (secondary N) is 1. The zero-order chi connectivity index (χ0) is 25.1. The van der Waals surface area contributed by atoms with E-state index in [-0.39, 0.29) is 6.03 Å². The monoisotopic (exact) mass is 492 g/mol. The van der Waals surface area contributed by atoms with Gasteiger partial charge >= 0.3 is 6.03 Å². The fourth-order valence-electron chi connectivity index (χ4n) is 4.54. The van der Waals surface area contributed by atoms with Gasteiger partial charge in [-0.25, -0.2) is 14.8 Å². The molecule has 11 heteroatoms. The molecule has 0 unspecified atom stereocenters. The Hall–Kier alpha value is -3.70. The molecular weight excluding hydrogens is 460 g/mol. The smallest absolute Gasteiger partial charge is 0.320 e. The molecule has 1 aromatic carbocycles. The molecule has 2 fully saturated rings. The highest BCUT2D eigenvalue weighted by atomic mass is 16.3. The molecule has 5 rings (SSSR count). The molecule has 0 bridgehead atoms. The van der Waals surface area contributed by atoms with Crippen LogP contribution in [0.15, 0.2) is 40.9 Å². The van der Waals surface area contributed by atoms with Crippen molar-refractivity contribution in [2.24, 2.45) is 0 Å². The minimum atomic E-state index is 0.138. The number of likely N-dealkylation sites (N-methyl/N-ethyl adjacent to an activating group) is 1. The molecule has 0 atom stereocenters. The summed E-state index contributed by atoms with van der Waals surface area (Å²) in [7, 11) is 2.09. The Balaban J connectivity index is 1.22. The lowest BCUT2D eigenvalue weighted by molar-refractivity contribution is -0.107. The van der Waals surface area contributed by atoms with Crippen LogP contribution in [0, 0.1) is 6.92 Å². The maximum Gasteiger partial charge on any atom is 0.320 e. The number of anilines is 2. The number of amides is 3. The minimum absolute atomic E-state index is 0.138. The fraction of sp³-hybridized carbons (Fsp3) is 0.440. The molecule has 4 heterocycles. The van der Waals surface area contributed by atoms with Crippen molar-refractivity contribution in [3.8, 4) is 0 Å². The number of hydrogen-bond donors (Lipinski definition) is 1. The maximum atomic E-state index is 12.9. The zero-order valence-corrected chi connectivity index (χ0v) is 20.8. The third-order valence-corrected chi connectivity index (χ3v) is 6.74. The Morgan fingerprint density at radius 1 is 1.06 bits per heavy atom. The first kappa shape index (κ1) is 24.0. The van der Waals surface area contributed by atoms with Crippen LogP contribution in [0.4, 0.5) is 16.2 Å². The van der Waals surface area contributed by atoms with E-state index in [4.69, 9.17) is 9.40 Å². The molecule has 36 heavy (non-hydrogen) atoms. The van der Waals surface area contributed by atoms with Crippen LogP contribution in [0.25, 0.3) is 11.1 Å². The van der Waals surface area contributed by atoms with Gasteiger partial charge in [0.25, 0.3) is 0 Å². The quantitative estimate of drug-likeness (QED) is 0.412. The Morgan fingerprint density at radius 2 is 1.78 bits per heavy atom. The van der Waals surface area contributed by atoms with Crippen molar-refractivity contribution < 1.29 is 14.0 Å². The highest BCUT2D eigenvalue weighted by Crippen LogP contribution is 2.27. The van der Waals surface area contributed by atoms with Crippen LogP contribution >= 0.6 is 0 Å². The molecule has 190 valence electrons. The van der Waals surface area contributed by atoms with Gasteiger partial charge in [0.2, 0.25) is 12.3 Å². The number of hydrogen-bond acceptors (Lipinski definition) is 8. The number of fused-ring (bicyclic) bond motifs is 1. The summed E-state index contributed by atoms with van der Waals surface area (Å²) < 4.78 is 6.02. The summed E-state index contributed by atoms with van der Waals surface area (Å²) >= 11 is 0. The first-order valence-corrected chi connectivity index (χ1v) is 12.3. The second-order valence-corrected chi connectivity index (χ2v) is 9.34. The van der Waals surface area contributed by atoms with Gasteiger partial charge < -0.3 is 19.1 Å². The fourth-order valence-corrected chi connectivity index (χ4v) is 4.54. The molecule has 2 aliphatic rings. The largest absolute Gasteiger partial charge is 0.439 e. The minimum Gasteiger partial charge on any atom is -0.439 e. The predicted octanol–water partition coefficient (Wildman–Crippen LogP) is 2.01. The third-order valence-electron chi connectivity index (χ3n) is 6.74. The van der Waals surface area contributed by atoms with Crippen molar-refractivity contribution in [2.75, 3.05) is 69.8 Å².